The molecule has 1 aliphatic heterocycles. The molecule has 1 radical (unpaired) electrons. The fraction of sp³-hybridized carbons (Fsp3) is 0.0396. The second-order valence-corrected chi connectivity index (χ2v) is 29.9. The Morgan fingerprint density at radius 2 is 1.25 bits per heavy atom. The van der Waals surface area contributed by atoms with Gasteiger partial charge in [0.15, 0.2) is 24.2 Å². The summed E-state index contributed by atoms with van der Waals surface area (Å²) >= 11 is 1.53. The number of hydrogen-bond acceptors (Lipinski definition) is 18. The van der Waals surface area contributed by atoms with Gasteiger partial charge in [-0.25, -0.2) is 50.2 Å². The Morgan fingerprint density at radius 3 is 2.08 bits per heavy atom. The van der Waals surface area contributed by atoms with Crippen molar-refractivity contribution in [1.82, 2.24) is 78.3 Å². The van der Waals surface area contributed by atoms with Gasteiger partial charge in [0.25, 0.3) is 11.6 Å². The molecule has 0 saturated carbocycles. The molecule has 130 heavy (non-hydrogen) atoms. The predicted molar refractivity (Wildman–Crippen MR) is 486 cm³/mol. The van der Waals surface area contributed by atoms with Crippen LogP contribution in [0.1, 0.15) is 22.9 Å². The molecule has 17 aromatic heterocycles. The summed E-state index contributed by atoms with van der Waals surface area (Å²) in [6.07, 6.45) is 26.7. The van der Waals surface area contributed by atoms with Gasteiger partial charge in [-0.3, -0.25) is 15.6 Å². The zero-order valence-corrected chi connectivity index (χ0v) is 73.2. The van der Waals surface area contributed by atoms with E-state index in [2.05, 4.69) is 178 Å². The first-order valence-electron chi connectivity index (χ1n) is 40.3. The normalized spacial score (nSPS) is 12.0. The van der Waals surface area contributed by atoms with Crippen molar-refractivity contribution in [3.63, 3.8) is 0 Å². The largest absolute Gasteiger partial charge is 2.00 e. The van der Waals surface area contributed by atoms with Crippen LogP contribution in [0.3, 0.4) is 0 Å². The van der Waals surface area contributed by atoms with Crippen molar-refractivity contribution in [2.45, 2.75) is 5.92 Å². The molecule has 23 aromatic rings. The molecule has 1 atom stereocenters. The maximum absolute atomic E-state index is 5.84. The minimum atomic E-state index is 0. The van der Waals surface area contributed by atoms with Crippen LogP contribution in [-0.2, 0) is 75.3 Å². The summed E-state index contributed by atoms with van der Waals surface area (Å²) in [6, 6.07) is 101. The van der Waals surface area contributed by atoms with E-state index in [-0.39, 0.29) is 74.2 Å². The SMILES string of the molecule is C[N+]1=CC(c2cccc(N(C[C-]=Cc3coc4ocnc34)c3ccccc3)n2)c2[n-]c[n+](C)c21.[Cu+2].[Cu+].[Cu+].[Cu+].[c-]1c(-c2ccccn2)ccc2c3ccccc3n(-c3cccc(-c4ccccn4)n3)c12.[c-]1c(-c2cscn2)oc2ccn(-c3cccc(-n4cccn4)n3)c12.[c-]1c(N(c2ccccc2)c2cccc(-c3cccc4ocnc34)n2)cccc1-n1ccc2cccnc21. The van der Waals surface area contributed by atoms with E-state index >= 15 is 0 Å². The van der Waals surface area contributed by atoms with E-state index < -0.39 is 0 Å². The average molecular weight is 1910 g/mol. The fourth-order valence-corrected chi connectivity index (χ4v) is 16.1. The quantitative estimate of drug-likeness (QED) is 0.0467. The number of thiazole rings is 1. The zero-order valence-electron chi connectivity index (χ0n) is 68.6. The van der Waals surface area contributed by atoms with Crippen molar-refractivity contribution < 1.29 is 95.1 Å². The van der Waals surface area contributed by atoms with Gasteiger partial charge in [-0.2, -0.15) is 11.2 Å². The number of oxazole rings is 2. The van der Waals surface area contributed by atoms with E-state index in [1.165, 1.54) is 29.5 Å². The van der Waals surface area contributed by atoms with Crippen LogP contribution in [0.25, 0.3) is 141 Å². The molecule has 0 aliphatic carbocycles. The number of aromatic nitrogens is 17. The van der Waals surface area contributed by atoms with Gasteiger partial charge in [0.1, 0.15) is 40.4 Å². The van der Waals surface area contributed by atoms with E-state index in [0.29, 0.717) is 23.6 Å². The number of imidazole rings is 1. The fourth-order valence-electron chi connectivity index (χ4n) is 15.6. The smallest absolute Gasteiger partial charge is 0.536 e. The first kappa shape index (κ1) is 87.0. The molecule has 24 rings (SSSR count). The maximum Gasteiger partial charge on any atom is 2.00 e. The Labute approximate surface area is 790 Å². The average Bonchev–Trinajstić information content (AvgIpc) is 1.59. The van der Waals surface area contributed by atoms with Crippen LogP contribution in [0.2, 0.25) is 0 Å². The van der Waals surface area contributed by atoms with Gasteiger partial charge in [0, 0.05) is 94.5 Å². The molecular weight excluding hydrogens is 1840 g/mol. The third-order valence-electron chi connectivity index (χ3n) is 21.4. The minimum absolute atomic E-state index is 0. The summed E-state index contributed by atoms with van der Waals surface area (Å²) in [4.78, 5) is 55.0. The maximum atomic E-state index is 5.84. The molecule has 18 heterocycles. The number of fused-ring (bicyclic) bond motifs is 8. The molecule has 1 aliphatic rings. The van der Waals surface area contributed by atoms with Crippen molar-refractivity contribution in [3.8, 4) is 68.5 Å². The third kappa shape index (κ3) is 17.5. The molecule has 0 N–H and O–H groups in total. The van der Waals surface area contributed by atoms with Gasteiger partial charge < -0.3 is 51.1 Å². The predicted octanol–water partition coefficient (Wildman–Crippen LogP) is 21.1. The Morgan fingerprint density at radius 1 is 0.523 bits per heavy atom. The Bertz CT molecular complexity index is 7870. The number of furan rings is 2. The minimum Gasteiger partial charge on any atom is -0.536 e. The summed E-state index contributed by atoms with van der Waals surface area (Å²) < 4.78 is 34.0. The van der Waals surface area contributed by atoms with Crippen molar-refractivity contribution in [3.05, 3.63) is 394 Å². The first-order chi connectivity index (χ1) is 62.3. The molecule has 24 nitrogen and oxygen atoms in total. The van der Waals surface area contributed by atoms with Gasteiger partial charge in [0.2, 0.25) is 12.0 Å². The molecule has 0 spiro atoms. The van der Waals surface area contributed by atoms with Crippen LogP contribution in [0.5, 0.6) is 0 Å². The molecule has 0 bridgehead atoms. The number of hydrogen-bond donors (Lipinski definition) is 0. The number of anilines is 5. The van der Waals surface area contributed by atoms with Crippen LogP contribution in [0, 0.1) is 24.3 Å². The van der Waals surface area contributed by atoms with E-state index in [1.807, 2.05) is 260 Å². The van der Waals surface area contributed by atoms with Crippen LogP contribution in [0.15, 0.2) is 370 Å². The molecule has 29 heteroatoms. The number of pyridine rings is 7. The Hall–Kier alpha value is -15.1. The van der Waals surface area contributed by atoms with Crippen molar-refractivity contribution in [2.24, 2.45) is 7.05 Å². The van der Waals surface area contributed by atoms with Gasteiger partial charge in [-0.05, 0) is 161 Å². The van der Waals surface area contributed by atoms with Crippen molar-refractivity contribution in [2.75, 3.05) is 23.4 Å². The third-order valence-corrected chi connectivity index (χ3v) is 22.0. The van der Waals surface area contributed by atoms with Crippen LogP contribution in [0.4, 0.5) is 34.5 Å². The Balaban J connectivity index is 0.000000121. The molecule has 0 amide bonds. The van der Waals surface area contributed by atoms with Crippen molar-refractivity contribution in [1.29, 1.82) is 0 Å². The van der Waals surface area contributed by atoms with Crippen molar-refractivity contribution >= 4 is 124 Å². The standard InChI is InChI=1S/C31H20N5O.C27H17N4.C26H22N6O2.C17H10N5OS.4Cu/c1-2-9-23(10-3-1)36(25-12-4-11-24(20-25)35-19-17-22-8-7-18-32-31(22)35)29-16-6-14-27(34-29)26-13-5-15-28-30(26)33-21-37-28;1-2-12-25-20(8-1)21-15-14-19(22-9-3-5-16-28-22)18-26(21)31(25)27-13-7-11-24(30-27)23-10-4-6-17-29-23;1-30-14-20(24-25(30)31(2)16-27-24)21-11-6-12-22(29-21)32(19-9-4-3-5-10-19)13-7-8-18-15-33-26-23(18)28-17-34-26;1-3-16(20-17(4-1)22-7-2-6-19-22)21-8-5-14-13(21)9-15(23-14)12-10-24-11-18-12;;;;/h1-19,21H;1-17H;3-6,8-12,14-17,20H,13H2,1-2H3;1-8,10-11H;;;;/q2*-1;;-1;3*+1;+2. The van der Waals surface area contributed by atoms with E-state index in [4.69, 9.17) is 32.6 Å². The molecule has 1 unspecified atom stereocenters. The topological polar surface area (TPSA) is 242 Å². The summed E-state index contributed by atoms with van der Waals surface area (Å²) in [7, 11) is 4.05. The van der Waals surface area contributed by atoms with E-state index in [9.17, 15) is 0 Å². The van der Waals surface area contributed by atoms with Gasteiger partial charge in [0.05, 0.1) is 54.1 Å². The monoisotopic (exact) mass is 1910 g/mol. The summed E-state index contributed by atoms with van der Waals surface area (Å²) in [6.45, 7) is 0.494. The second kappa shape index (κ2) is 39.0. The second-order valence-electron chi connectivity index (χ2n) is 29.2. The van der Waals surface area contributed by atoms with Crippen LogP contribution < -0.4 is 19.4 Å². The zero-order chi connectivity index (χ0) is 84.2. The molecule has 0 fully saturated rings. The molecule has 645 valence electrons. The van der Waals surface area contributed by atoms with Crippen LogP contribution >= 0.6 is 11.3 Å². The number of aryl methyl sites for hydroxylation is 1. The van der Waals surface area contributed by atoms with Gasteiger partial charge in [-0.15, -0.1) is 69.9 Å². The molecular formula is C101H69Cu4N20O4S+2. The number of nitrogens with zero attached hydrogens (tertiary/aromatic N) is 20. The van der Waals surface area contributed by atoms with Gasteiger partial charge >= 0.3 is 68.3 Å². The summed E-state index contributed by atoms with van der Waals surface area (Å²) in [5.74, 6) is 6.12. The summed E-state index contributed by atoms with van der Waals surface area (Å²) in [5, 5.41) is 9.55. The summed E-state index contributed by atoms with van der Waals surface area (Å²) in [5.41, 5.74) is 21.2. The number of rotatable bonds is 17. The van der Waals surface area contributed by atoms with Gasteiger partial charge in [-0.1, -0.05) is 132 Å². The molecule has 0 saturated heterocycles. The Kier molecular flexibility index (Phi) is 26.1. The van der Waals surface area contributed by atoms with Crippen LogP contribution in [-0.4, -0.2) is 97.7 Å². The molecule has 6 aromatic carbocycles. The van der Waals surface area contributed by atoms with E-state index in [0.717, 1.165) is 164 Å². The number of benzene rings is 6. The number of para-hydroxylation sites is 4. The van der Waals surface area contributed by atoms with E-state index in [1.54, 1.807) is 35.0 Å². The first-order valence-corrected chi connectivity index (χ1v) is 41.3.